The van der Waals surface area contributed by atoms with Crippen LogP contribution < -0.4 is 0 Å². The molecule has 0 radical (unpaired) electrons. The fourth-order valence-corrected chi connectivity index (χ4v) is 5.40. The fraction of sp³-hybridized carbons (Fsp3) is 0.583. The number of piperidine rings is 1. The molecule has 3 aliphatic rings. The van der Waals surface area contributed by atoms with Crippen LogP contribution >= 0.6 is 0 Å². The summed E-state index contributed by atoms with van der Waals surface area (Å²) in [5.41, 5.74) is 1.63. The number of amides is 2. The van der Waals surface area contributed by atoms with E-state index in [0.29, 0.717) is 28.7 Å². The van der Waals surface area contributed by atoms with E-state index in [2.05, 4.69) is 18.7 Å². The topological polar surface area (TPSA) is 40.6 Å². The monoisotopic (exact) mass is 398 g/mol. The van der Waals surface area contributed by atoms with E-state index in [4.69, 9.17) is 0 Å². The minimum Gasteiger partial charge on any atom is -0.366 e. The second kappa shape index (κ2) is 8.29. The number of nitrogens with zero attached hydrogens (tertiary/aromatic N) is 2. The number of halogens is 1. The Morgan fingerprint density at radius 2 is 1.45 bits per heavy atom. The van der Waals surface area contributed by atoms with Crippen LogP contribution in [0.3, 0.4) is 0 Å². The zero-order valence-electron chi connectivity index (χ0n) is 17.5. The predicted molar refractivity (Wildman–Crippen MR) is 111 cm³/mol. The highest BCUT2D eigenvalue weighted by atomic mass is 19.1. The number of rotatable bonds is 3. The van der Waals surface area contributed by atoms with Crippen LogP contribution in [0.5, 0.6) is 0 Å². The summed E-state index contributed by atoms with van der Waals surface area (Å²) in [6.45, 7) is 5.96. The molecule has 4 nitrogen and oxygen atoms in total. The smallest absolute Gasteiger partial charge is 0.278 e. The van der Waals surface area contributed by atoms with Gasteiger partial charge in [0.25, 0.3) is 11.8 Å². The minimum atomic E-state index is -0.339. The third kappa shape index (κ3) is 3.96. The van der Waals surface area contributed by atoms with Crippen molar-refractivity contribution in [2.24, 2.45) is 11.8 Å². The van der Waals surface area contributed by atoms with Crippen LogP contribution in [0.1, 0.15) is 64.4 Å². The molecule has 156 valence electrons. The Morgan fingerprint density at radius 3 is 2.03 bits per heavy atom. The maximum atomic E-state index is 13.6. The van der Waals surface area contributed by atoms with E-state index in [-0.39, 0.29) is 23.7 Å². The Balaban J connectivity index is 1.75. The largest absolute Gasteiger partial charge is 0.366 e. The third-order valence-electron chi connectivity index (χ3n) is 6.60. The van der Waals surface area contributed by atoms with E-state index in [1.807, 2.05) is 0 Å². The molecule has 0 bridgehead atoms. The Labute approximate surface area is 172 Å². The van der Waals surface area contributed by atoms with Gasteiger partial charge in [-0.2, -0.15) is 0 Å². The zero-order valence-corrected chi connectivity index (χ0v) is 17.5. The van der Waals surface area contributed by atoms with E-state index in [1.165, 1.54) is 29.9 Å². The van der Waals surface area contributed by atoms with Gasteiger partial charge in [0.05, 0.1) is 5.57 Å². The molecule has 1 aromatic carbocycles. The molecule has 0 N–H and O–H groups in total. The number of carbonyl (C=O) groups excluding carboxylic acids is 2. The van der Waals surface area contributed by atoms with Gasteiger partial charge in [-0.25, -0.2) is 4.39 Å². The summed E-state index contributed by atoms with van der Waals surface area (Å²) in [5, 5.41) is 0. The van der Waals surface area contributed by atoms with Crippen molar-refractivity contribution in [3.8, 4) is 0 Å². The summed E-state index contributed by atoms with van der Waals surface area (Å²) < 4.78 is 13.5. The molecule has 2 fully saturated rings. The van der Waals surface area contributed by atoms with Gasteiger partial charge >= 0.3 is 0 Å². The standard InChI is InChI=1S/C24H31FN2O2/c1-16-13-17(2)15-26(14-16)22-21(18-9-11-19(25)12-10-18)23(28)27(24(22)29)20-7-5-3-4-6-8-20/h9-12,16-17,20H,3-8,13-15H2,1-2H3. The van der Waals surface area contributed by atoms with E-state index < -0.39 is 0 Å². The van der Waals surface area contributed by atoms with Crippen LogP contribution in [-0.4, -0.2) is 40.7 Å². The molecule has 4 rings (SSSR count). The van der Waals surface area contributed by atoms with Crippen molar-refractivity contribution in [3.05, 3.63) is 41.3 Å². The molecule has 2 aliphatic heterocycles. The third-order valence-corrected chi connectivity index (χ3v) is 6.60. The Kier molecular flexibility index (Phi) is 5.75. The maximum Gasteiger partial charge on any atom is 0.278 e. The molecule has 2 unspecified atom stereocenters. The Morgan fingerprint density at radius 1 is 0.862 bits per heavy atom. The molecule has 2 amide bonds. The highest BCUT2D eigenvalue weighted by Gasteiger charge is 2.45. The number of hydrogen-bond donors (Lipinski definition) is 0. The van der Waals surface area contributed by atoms with Gasteiger partial charge in [0.2, 0.25) is 0 Å². The molecule has 2 atom stereocenters. The summed E-state index contributed by atoms with van der Waals surface area (Å²) in [4.78, 5) is 30.8. The molecule has 5 heteroatoms. The molecule has 1 saturated heterocycles. The number of carbonyl (C=O) groups is 2. The van der Waals surface area contributed by atoms with Gasteiger partial charge in [0, 0.05) is 19.1 Å². The van der Waals surface area contributed by atoms with Crippen molar-refractivity contribution in [2.45, 2.75) is 64.8 Å². The van der Waals surface area contributed by atoms with Gasteiger partial charge in [0.15, 0.2) is 0 Å². The number of benzene rings is 1. The molecule has 1 aliphatic carbocycles. The van der Waals surface area contributed by atoms with E-state index >= 15 is 0 Å². The normalized spacial score (nSPS) is 27.0. The lowest BCUT2D eigenvalue weighted by molar-refractivity contribution is -0.140. The first-order chi connectivity index (χ1) is 14.0. The van der Waals surface area contributed by atoms with Gasteiger partial charge in [-0.05, 0) is 48.8 Å². The summed E-state index contributed by atoms with van der Waals surface area (Å²) in [7, 11) is 0. The SMILES string of the molecule is CC1CC(C)CN(C2=C(c3ccc(F)cc3)C(=O)N(C3CCCCCC3)C2=O)C1. The first-order valence-electron chi connectivity index (χ1n) is 11.1. The van der Waals surface area contributed by atoms with Gasteiger partial charge in [0.1, 0.15) is 11.5 Å². The van der Waals surface area contributed by atoms with Crippen LogP contribution in [-0.2, 0) is 9.59 Å². The summed E-state index contributed by atoms with van der Waals surface area (Å²) >= 11 is 0. The number of hydrogen-bond acceptors (Lipinski definition) is 3. The van der Waals surface area contributed by atoms with Crippen LogP contribution in [0.2, 0.25) is 0 Å². The quantitative estimate of drug-likeness (QED) is 0.552. The molecule has 0 aromatic heterocycles. The van der Waals surface area contributed by atoms with E-state index in [9.17, 15) is 14.0 Å². The fourth-order valence-electron chi connectivity index (χ4n) is 5.40. The summed E-state index contributed by atoms with van der Waals surface area (Å²) in [5.74, 6) is 0.247. The van der Waals surface area contributed by atoms with E-state index in [0.717, 1.165) is 45.2 Å². The predicted octanol–water partition coefficient (Wildman–Crippen LogP) is 4.61. The van der Waals surface area contributed by atoms with Gasteiger partial charge in [-0.1, -0.05) is 51.7 Å². The van der Waals surface area contributed by atoms with Gasteiger partial charge in [-0.15, -0.1) is 0 Å². The molecule has 1 aromatic rings. The molecular weight excluding hydrogens is 367 g/mol. The number of imide groups is 1. The van der Waals surface area contributed by atoms with Gasteiger partial charge < -0.3 is 4.90 Å². The maximum absolute atomic E-state index is 13.6. The Hall–Kier alpha value is -2.17. The average molecular weight is 399 g/mol. The molecule has 0 spiro atoms. The van der Waals surface area contributed by atoms with Gasteiger partial charge in [-0.3, -0.25) is 14.5 Å². The molecule has 29 heavy (non-hydrogen) atoms. The molecule has 2 heterocycles. The van der Waals surface area contributed by atoms with Crippen LogP contribution in [0.25, 0.3) is 5.57 Å². The van der Waals surface area contributed by atoms with Crippen molar-refractivity contribution < 1.29 is 14.0 Å². The number of likely N-dealkylation sites (tertiary alicyclic amines) is 1. The van der Waals surface area contributed by atoms with Crippen LogP contribution in [0.4, 0.5) is 4.39 Å². The summed E-state index contributed by atoms with van der Waals surface area (Å²) in [6.07, 6.45) is 7.34. The lowest BCUT2D eigenvalue weighted by Crippen LogP contribution is -2.44. The zero-order chi connectivity index (χ0) is 20.5. The average Bonchev–Trinajstić information content (AvgIpc) is 2.83. The second-order valence-electron chi connectivity index (χ2n) is 9.21. The van der Waals surface area contributed by atoms with Crippen molar-refractivity contribution in [1.29, 1.82) is 0 Å². The first-order valence-corrected chi connectivity index (χ1v) is 11.1. The lowest BCUT2D eigenvalue weighted by Gasteiger charge is -2.37. The highest BCUT2D eigenvalue weighted by molar-refractivity contribution is 6.35. The molecular formula is C24H31FN2O2. The van der Waals surface area contributed by atoms with Crippen LogP contribution in [0.15, 0.2) is 30.0 Å². The summed E-state index contributed by atoms with van der Waals surface area (Å²) in [6, 6.07) is 5.97. The minimum absolute atomic E-state index is 0.0231. The van der Waals surface area contributed by atoms with Crippen molar-refractivity contribution in [1.82, 2.24) is 9.80 Å². The van der Waals surface area contributed by atoms with Crippen LogP contribution in [0, 0.1) is 17.7 Å². The second-order valence-corrected chi connectivity index (χ2v) is 9.21. The van der Waals surface area contributed by atoms with Crippen molar-refractivity contribution >= 4 is 17.4 Å². The highest BCUT2D eigenvalue weighted by Crippen LogP contribution is 2.37. The first kappa shape index (κ1) is 20.1. The van der Waals surface area contributed by atoms with Crippen molar-refractivity contribution in [3.63, 3.8) is 0 Å². The Bertz CT molecular complexity index is 799. The van der Waals surface area contributed by atoms with E-state index in [1.54, 1.807) is 12.1 Å². The van der Waals surface area contributed by atoms with Crippen molar-refractivity contribution in [2.75, 3.05) is 13.1 Å². The molecule has 1 saturated carbocycles. The lowest BCUT2D eigenvalue weighted by atomic mass is 9.91.